The minimum Gasteiger partial charge on any atom is -0.465 e. The number of thioether (sulfide) groups is 1. The summed E-state index contributed by atoms with van der Waals surface area (Å²) in [6.45, 7) is 0. The summed E-state index contributed by atoms with van der Waals surface area (Å²) in [7, 11) is 1.38. The van der Waals surface area contributed by atoms with Crippen molar-refractivity contribution in [3.63, 3.8) is 0 Å². The van der Waals surface area contributed by atoms with Gasteiger partial charge in [0.2, 0.25) is 5.13 Å². The Hall–Kier alpha value is -2.97. The normalized spacial score (nSPS) is 10.9. The molecule has 28 heavy (non-hydrogen) atoms. The Labute approximate surface area is 169 Å². The molecule has 0 radical (unpaired) electrons. The quantitative estimate of drug-likeness (QED) is 0.386. The molecule has 0 aliphatic rings. The third-order valence-corrected chi connectivity index (χ3v) is 6.07. The molecule has 2 N–H and O–H groups in total. The molecule has 4 rings (SSSR count). The van der Waals surface area contributed by atoms with Gasteiger partial charge in [-0.3, -0.25) is 4.98 Å². The fourth-order valence-electron chi connectivity index (χ4n) is 3.00. The van der Waals surface area contributed by atoms with Crippen molar-refractivity contribution < 1.29 is 9.53 Å². The minimum absolute atomic E-state index is 0.409. The van der Waals surface area contributed by atoms with Gasteiger partial charge in [-0.2, -0.15) is 0 Å². The summed E-state index contributed by atoms with van der Waals surface area (Å²) in [5.41, 5.74) is 9.36. The number of carbonyl (C=O) groups is 1. The maximum Gasteiger partial charge on any atom is 0.340 e. The fraction of sp³-hybridized carbons (Fsp3) is 0.100. The number of esters is 1. The average molecular weight is 409 g/mol. The van der Waals surface area contributed by atoms with Crippen LogP contribution in [0.25, 0.3) is 22.0 Å². The van der Waals surface area contributed by atoms with Crippen LogP contribution in [0.3, 0.4) is 0 Å². The Balaban J connectivity index is 1.91. The van der Waals surface area contributed by atoms with Crippen molar-refractivity contribution in [2.45, 2.75) is 10.1 Å². The molecule has 2 heterocycles. The summed E-state index contributed by atoms with van der Waals surface area (Å²) >= 11 is 2.75. The van der Waals surface area contributed by atoms with Crippen LogP contribution in [0.4, 0.5) is 5.13 Å². The molecule has 0 aliphatic heterocycles. The topological polar surface area (TPSA) is 91.0 Å². The Morgan fingerprint density at radius 3 is 2.57 bits per heavy atom. The lowest BCUT2D eigenvalue weighted by Gasteiger charge is -2.15. The summed E-state index contributed by atoms with van der Waals surface area (Å²) in [5, 5.41) is 9.18. The largest absolute Gasteiger partial charge is 0.465 e. The van der Waals surface area contributed by atoms with Crippen LogP contribution in [0, 0.1) is 0 Å². The van der Waals surface area contributed by atoms with E-state index in [0.717, 1.165) is 26.4 Å². The van der Waals surface area contributed by atoms with Crippen LogP contribution in [-0.4, -0.2) is 28.3 Å². The van der Waals surface area contributed by atoms with Crippen LogP contribution in [0.15, 0.2) is 58.9 Å². The van der Waals surface area contributed by atoms with Crippen LogP contribution < -0.4 is 5.73 Å². The van der Waals surface area contributed by atoms with E-state index in [4.69, 9.17) is 15.5 Å². The lowest BCUT2D eigenvalue weighted by Crippen LogP contribution is -2.10. The standard InChI is InChI=1S/C20H16N4O2S2/c1-26-18(25)17-15(11-27-20-24-23-19(21)28-20)22-14-10-6-5-9-13(14)16(17)12-7-3-2-4-8-12/h2-10H,11H2,1H3,(H2,21,23). The molecule has 6 nitrogen and oxygen atoms in total. The number of para-hydroxylation sites is 1. The number of hydrogen-bond donors (Lipinski definition) is 1. The van der Waals surface area contributed by atoms with Gasteiger partial charge in [0.15, 0.2) is 4.34 Å². The predicted octanol–water partition coefficient (Wildman–Crippen LogP) is 4.41. The Morgan fingerprint density at radius 2 is 1.86 bits per heavy atom. The second-order valence-corrected chi connectivity index (χ2v) is 8.11. The van der Waals surface area contributed by atoms with Gasteiger partial charge in [0.05, 0.1) is 23.9 Å². The van der Waals surface area contributed by atoms with Crippen LogP contribution in [0.1, 0.15) is 16.1 Å². The molecule has 4 aromatic rings. The first kappa shape index (κ1) is 18.4. The van der Waals surface area contributed by atoms with E-state index in [-0.39, 0.29) is 0 Å². The fourth-order valence-corrected chi connectivity index (χ4v) is 4.58. The van der Waals surface area contributed by atoms with Gasteiger partial charge in [0, 0.05) is 16.7 Å². The van der Waals surface area contributed by atoms with Crippen molar-refractivity contribution in [1.29, 1.82) is 0 Å². The van der Waals surface area contributed by atoms with Crippen molar-refractivity contribution in [3.8, 4) is 11.1 Å². The Morgan fingerprint density at radius 1 is 1.11 bits per heavy atom. The Kier molecular flexibility index (Phi) is 5.23. The van der Waals surface area contributed by atoms with Crippen molar-refractivity contribution >= 4 is 45.1 Å². The number of nitrogens with two attached hydrogens (primary N) is 1. The third-order valence-electron chi connectivity index (χ3n) is 4.17. The first-order valence-corrected chi connectivity index (χ1v) is 10.2. The zero-order chi connectivity index (χ0) is 19.5. The van der Waals surface area contributed by atoms with Gasteiger partial charge < -0.3 is 10.5 Å². The van der Waals surface area contributed by atoms with E-state index in [1.54, 1.807) is 0 Å². The van der Waals surface area contributed by atoms with E-state index in [9.17, 15) is 4.79 Å². The van der Waals surface area contributed by atoms with E-state index in [1.165, 1.54) is 30.2 Å². The molecule has 0 atom stereocenters. The van der Waals surface area contributed by atoms with Gasteiger partial charge in [0.25, 0.3) is 0 Å². The molecule has 0 saturated heterocycles. The van der Waals surface area contributed by atoms with Crippen LogP contribution >= 0.6 is 23.1 Å². The first-order valence-electron chi connectivity index (χ1n) is 8.44. The molecule has 0 amide bonds. The first-order chi connectivity index (χ1) is 13.7. The van der Waals surface area contributed by atoms with Crippen LogP contribution in [0.2, 0.25) is 0 Å². The predicted molar refractivity (Wildman–Crippen MR) is 112 cm³/mol. The maximum atomic E-state index is 12.8. The number of nitrogen functional groups attached to an aromatic ring is 1. The van der Waals surface area contributed by atoms with Crippen molar-refractivity contribution in [1.82, 2.24) is 15.2 Å². The summed E-state index contributed by atoms with van der Waals surface area (Å²) in [4.78, 5) is 17.5. The molecule has 0 aliphatic carbocycles. The molecule has 0 bridgehead atoms. The highest BCUT2D eigenvalue weighted by atomic mass is 32.2. The highest BCUT2D eigenvalue weighted by Crippen LogP contribution is 2.36. The van der Waals surface area contributed by atoms with Gasteiger partial charge in [0.1, 0.15) is 0 Å². The monoisotopic (exact) mass is 408 g/mol. The summed E-state index contributed by atoms with van der Waals surface area (Å²) < 4.78 is 5.84. The summed E-state index contributed by atoms with van der Waals surface area (Å²) in [6, 6.07) is 17.6. The van der Waals surface area contributed by atoms with Gasteiger partial charge >= 0.3 is 5.97 Å². The van der Waals surface area contributed by atoms with Crippen molar-refractivity contribution in [2.24, 2.45) is 0 Å². The van der Waals surface area contributed by atoms with Gasteiger partial charge in [-0.25, -0.2) is 4.79 Å². The lowest BCUT2D eigenvalue weighted by molar-refractivity contribution is 0.0600. The number of aromatic nitrogens is 3. The van der Waals surface area contributed by atoms with Crippen LogP contribution in [-0.2, 0) is 10.5 Å². The number of fused-ring (bicyclic) bond motifs is 1. The number of anilines is 1. The number of benzene rings is 2. The highest BCUT2D eigenvalue weighted by Gasteiger charge is 2.23. The third kappa shape index (κ3) is 3.56. The average Bonchev–Trinajstić information content (AvgIpc) is 3.16. The molecular weight excluding hydrogens is 392 g/mol. The highest BCUT2D eigenvalue weighted by molar-refractivity contribution is 8.00. The SMILES string of the molecule is COC(=O)c1c(CSc2nnc(N)s2)nc2ccccc2c1-c1ccccc1. The molecule has 140 valence electrons. The molecule has 2 aromatic heterocycles. The smallest absolute Gasteiger partial charge is 0.340 e. The van der Waals surface area contributed by atoms with Crippen LogP contribution in [0.5, 0.6) is 0 Å². The van der Waals surface area contributed by atoms with Gasteiger partial charge in [-0.05, 0) is 11.6 Å². The zero-order valence-electron chi connectivity index (χ0n) is 15.0. The van der Waals surface area contributed by atoms with Crippen molar-refractivity contribution in [3.05, 3.63) is 65.9 Å². The molecule has 0 spiro atoms. The Bertz CT molecular complexity index is 1150. The number of rotatable bonds is 5. The maximum absolute atomic E-state index is 12.8. The number of nitrogens with zero attached hydrogens (tertiary/aromatic N) is 3. The molecule has 0 saturated carbocycles. The second-order valence-electron chi connectivity index (χ2n) is 5.88. The molecule has 8 heteroatoms. The molecular formula is C20H16N4O2S2. The minimum atomic E-state index is -0.413. The zero-order valence-corrected chi connectivity index (χ0v) is 16.6. The second kappa shape index (κ2) is 7.95. The van der Waals surface area contributed by atoms with Gasteiger partial charge in [-0.1, -0.05) is 71.6 Å². The number of ether oxygens (including phenoxy) is 1. The molecule has 2 aromatic carbocycles. The number of pyridine rings is 1. The van der Waals surface area contributed by atoms with Gasteiger partial charge in [-0.15, -0.1) is 10.2 Å². The summed E-state index contributed by atoms with van der Waals surface area (Å²) in [6.07, 6.45) is 0. The number of hydrogen-bond acceptors (Lipinski definition) is 8. The lowest BCUT2D eigenvalue weighted by atomic mass is 9.94. The summed E-state index contributed by atoms with van der Waals surface area (Å²) in [5.74, 6) is 0.0356. The number of carbonyl (C=O) groups excluding carboxylic acids is 1. The van der Waals surface area contributed by atoms with E-state index in [0.29, 0.717) is 22.1 Å². The molecule has 0 fully saturated rings. The molecule has 0 unspecified atom stereocenters. The van der Waals surface area contributed by atoms with E-state index >= 15 is 0 Å². The van der Waals surface area contributed by atoms with E-state index in [1.807, 2.05) is 54.6 Å². The van der Waals surface area contributed by atoms with Crippen molar-refractivity contribution in [2.75, 3.05) is 12.8 Å². The van der Waals surface area contributed by atoms with E-state index in [2.05, 4.69) is 10.2 Å². The number of methoxy groups -OCH3 is 1. The van der Waals surface area contributed by atoms with E-state index < -0.39 is 5.97 Å².